The van der Waals surface area contributed by atoms with Gasteiger partial charge in [0.2, 0.25) is 5.91 Å². The van der Waals surface area contributed by atoms with E-state index in [4.69, 9.17) is 9.47 Å². The number of nitrogens with zero attached hydrogens (tertiary/aromatic N) is 1. The number of anilines is 2. The summed E-state index contributed by atoms with van der Waals surface area (Å²) >= 11 is 0. The Kier molecular flexibility index (Phi) is 8.79. The lowest BCUT2D eigenvalue weighted by Crippen LogP contribution is -2.30. The monoisotopic (exact) mass is 462 g/mol. The molecule has 3 rings (SSSR count). The van der Waals surface area contributed by atoms with Gasteiger partial charge in [-0.2, -0.15) is 0 Å². The van der Waals surface area contributed by atoms with Crippen molar-refractivity contribution in [2.24, 2.45) is 0 Å². The minimum Gasteiger partial charge on any atom is -0.478 e. The first-order valence-electron chi connectivity index (χ1n) is 11.0. The second-order valence-corrected chi connectivity index (χ2v) is 7.89. The van der Waals surface area contributed by atoms with Crippen LogP contribution in [0.25, 0.3) is 16.3 Å². The van der Waals surface area contributed by atoms with Gasteiger partial charge in [-0.15, -0.1) is 0 Å². The molecular weight excluding hydrogens is 432 g/mol. The maximum atomic E-state index is 12.7. The molecule has 0 atom stereocenters. The second kappa shape index (κ2) is 12.0. The molecule has 0 spiro atoms. The Morgan fingerprint density at radius 3 is 2.26 bits per heavy atom. The van der Waals surface area contributed by atoms with E-state index in [-0.39, 0.29) is 11.3 Å². The summed E-state index contributed by atoms with van der Waals surface area (Å²) in [5.74, 6) is -1.51. The molecule has 2 N–H and O–H groups in total. The van der Waals surface area contributed by atoms with E-state index in [9.17, 15) is 14.7 Å². The number of hydrogen-bond donors (Lipinski definition) is 2. The van der Waals surface area contributed by atoms with Crippen LogP contribution in [0.15, 0.2) is 66.7 Å². The molecule has 7 heteroatoms. The van der Waals surface area contributed by atoms with Crippen LogP contribution >= 0.6 is 0 Å². The van der Waals surface area contributed by atoms with Crippen LogP contribution in [0.1, 0.15) is 22.8 Å². The summed E-state index contributed by atoms with van der Waals surface area (Å²) in [6.45, 7) is 4.00. The van der Waals surface area contributed by atoms with E-state index >= 15 is 0 Å². The molecule has 0 aliphatic heterocycles. The lowest BCUT2D eigenvalue weighted by Gasteiger charge is -2.25. The van der Waals surface area contributed by atoms with Crippen molar-refractivity contribution in [2.45, 2.75) is 6.92 Å². The second-order valence-electron chi connectivity index (χ2n) is 7.89. The molecule has 0 fully saturated rings. The summed E-state index contributed by atoms with van der Waals surface area (Å²) in [6, 6.07) is 19.0. The minimum atomic E-state index is -1.12. The highest BCUT2D eigenvalue weighted by molar-refractivity contribution is 6.07. The predicted molar refractivity (Wildman–Crippen MR) is 136 cm³/mol. The van der Waals surface area contributed by atoms with Crippen molar-refractivity contribution >= 4 is 39.6 Å². The number of hydrogen-bond acceptors (Lipinski definition) is 5. The summed E-state index contributed by atoms with van der Waals surface area (Å²) in [5.41, 5.74) is 2.67. The average molecular weight is 463 g/mol. The number of rotatable bonds is 11. The maximum Gasteiger partial charge on any atom is 0.337 e. The molecule has 0 unspecified atom stereocenters. The van der Waals surface area contributed by atoms with Gasteiger partial charge in [0.25, 0.3) is 0 Å². The number of allylic oxidation sites excluding steroid dienone is 1. The molecule has 0 bridgehead atoms. The third kappa shape index (κ3) is 6.43. The van der Waals surface area contributed by atoms with Crippen molar-refractivity contribution < 1.29 is 24.2 Å². The van der Waals surface area contributed by atoms with Gasteiger partial charge in [0.05, 0.1) is 24.5 Å². The molecule has 3 aromatic rings. The number of carbonyl (C=O) groups is 2. The van der Waals surface area contributed by atoms with Gasteiger partial charge >= 0.3 is 5.97 Å². The van der Waals surface area contributed by atoms with Crippen LogP contribution in [0.2, 0.25) is 0 Å². The van der Waals surface area contributed by atoms with Crippen molar-refractivity contribution in [3.8, 4) is 0 Å². The van der Waals surface area contributed by atoms with Crippen molar-refractivity contribution in [1.29, 1.82) is 0 Å². The molecule has 0 aliphatic rings. The third-order valence-electron chi connectivity index (χ3n) is 5.54. The highest BCUT2D eigenvalue weighted by Gasteiger charge is 2.16. The van der Waals surface area contributed by atoms with Gasteiger partial charge in [-0.05, 0) is 53.1 Å². The number of aromatic carboxylic acids is 1. The van der Waals surface area contributed by atoms with Crippen molar-refractivity contribution in [3.63, 3.8) is 0 Å². The van der Waals surface area contributed by atoms with E-state index in [0.29, 0.717) is 32.0 Å². The largest absolute Gasteiger partial charge is 0.478 e. The normalized spacial score (nSPS) is 11.4. The van der Waals surface area contributed by atoms with Gasteiger partial charge in [0.15, 0.2) is 0 Å². The first kappa shape index (κ1) is 25.0. The Morgan fingerprint density at radius 1 is 0.941 bits per heavy atom. The van der Waals surface area contributed by atoms with Crippen LogP contribution in [-0.2, 0) is 14.3 Å². The fourth-order valence-electron chi connectivity index (χ4n) is 3.67. The Bertz CT molecular complexity index is 1180. The van der Waals surface area contributed by atoms with Crippen LogP contribution in [0.5, 0.6) is 0 Å². The van der Waals surface area contributed by atoms with E-state index in [1.54, 1.807) is 32.4 Å². The maximum absolute atomic E-state index is 12.7. The molecule has 178 valence electrons. The van der Waals surface area contributed by atoms with E-state index in [0.717, 1.165) is 21.9 Å². The molecule has 34 heavy (non-hydrogen) atoms. The molecule has 0 saturated carbocycles. The number of carboxylic acid groups (broad SMARTS) is 1. The zero-order chi connectivity index (χ0) is 24.5. The lowest BCUT2D eigenvalue weighted by molar-refractivity contribution is -0.111. The number of ether oxygens (including phenoxy) is 2. The standard InChI is InChI=1S/C27H30N2O5/c1-19(21-9-8-20-6-4-5-7-22(20)17-21)16-26(30)28-25-11-10-23(18-24(25)27(31)32)29(12-14-33-2)13-15-34-3/h4-11,16-18H,12-15H2,1-3H3,(H,28,30)(H,31,32)/b19-16-. The Balaban J connectivity index is 1.81. The highest BCUT2D eigenvalue weighted by atomic mass is 16.5. The third-order valence-corrected chi connectivity index (χ3v) is 5.54. The molecule has 0 saturated heterocycles. The summed E-state index contributed by atoms with van der Waals surface area (Å²) in [6.07, 6.45) is 1.48. The molecule has 0 radical (unpaired) electrons. The van der Waals surface area contributed by atoms with Crippen LogP contribution in [-0.4, -0.2) is 57.5 Å². The minimum absolute atomic E-state index is 0.0161. The summed E-state index contributed by atoms with van der Waals surface area (Å²) in [5, 5.41) is 14.7. The Labute approximate surface area is 199 Å². The summed E-state index contributed by atoms with van der Waals surface area (Å²) < 4.78 is 10.3. The predicted octanol–water partition coefficient (Wildman–Crippen LogP) is 4.68. The highest BCUT2D eigenvalue weighted by Crippen LogP contribution is 2.25. The van der Waals surface area contributed by atoms with Crippen LogP contribution in [0.3, 0.4) is 0 Å². The van der Waals surface area contributed by atoms with Crippen molar-refractivity contribution in [1.82, 2.24) is 0 Å². The van der Waals surface area contributed by atoms with Crippen LogP contribution in [0, 0.1) is 0 Å². The van der Waals surface area contributed by atoms with Gasteiger partial charge in [0.1, 0.15) is 0 Å². The molecular formula is C27H30N2O5. The smallest absolute Gasteiger partial charge is 0.337 e. The van der Waals surface area contributed by atoms with Gasteiger partial charge in [-0.1, -0.05) is 36.4 Å². The fourth-order valence-corrected chi connectivity index (χ4v) is 3.67. The zero-order valence-corrected chi connectivity index (χ0v) is 19.7. The van der Waals surface area contributed by atoms with E-state index in [1.807, 2.05) is 54.3 Å². The van der Waals surface area contributed by atoms with Crippen LogP contribution < -0.4 is 10.2 Å². The number of carboxylic acids is 1. The fraction of sp³-hybridized carbons (Fsp3) is 0.259. The molecule has 0 aliphatic carbocycles. The molecule has 3 aromatic carbocycles. The summed E-state index contributed by atoms with van der Waals surface area (Å²) in [4.78, 5) is 26.6. The molecule has 0 aromatic heterocycles. The molecule has 1 amide bonds. The number of nitrogens with one attached hydrogen (secondary N) is 1. The van der Waals surface area contributed by atoms with Gasteiger partial charge in [0, 0.05) is 39.1 Å². The lowest BCUT2D eigenvalue weighted by atomic mass is 10.0. The number of carbonyl (C=O) groups excluding carboxylic acids is 1. The number of fused-ring (bicyclic) bond motifs is 1. The summed E-state index contributed by atoms with van der Waals surface area (Å²) in [7, 11) is 3.23. The topological polar surface area (TPSA) is 88.1 Å². The number of methoxy groups -OCH3 is 2. The average Bonchev–Trinajstić information content (AvgIpc) is 2.84. The Hall–Kier alpha value is -3.68. The number of benzene rings is 3. The van der Waals surface area contributed by atoms with Crippen LogP contribution in [0.4, 0.5) is 11.4 Å². The molecule has 7 nitrogen and oxygen atoms in total. The van der Waals surface area contributed by atoms with E-state index in [1.165, 1.54) is 6.08 Å². The Morgan fingerprint density at radius 2 is 1.62 bits per heavy atom. The molecule has 0 heterocycles. The van der Waals surface area contributed by atoms with Gasteiger partial charge in [-0.25, -0.2) is 4.79 Å². The first-order valence-corrected chi connectivity index (χ1v) is 11.0. The van der Waals surface area contributed by atoms with Gasteiger partial charge in [-0.3, -0.25) is 4.79 Å². The van der Waals surface area contributed by atoms with Crippen molar-refractivity contribution in [3.05, 3.63) is 77.9 Å². The van der Waals surface area contributed by atoms with Crippen molar-refractivity contribution in [2.75, 3.05) is 50.7 Å². The number of amides is 1. The zero-order valence-electron chi connectivity index (χ0n) is 19.7. The quantitative estimate of drug-likeness (QED) is 0.402. The van der Waals surface area contributed by atoms with Gasteiger partial charge < -0.3 is 24.8 Å². The van der Waals surface area contributed by atoms with E-state index < -0.39 is 11.9 Å². The SMILES string of the molecule is COCCN(CCOC)c1ccc(NC(=O)/C=C(/C)c2ccc3ccccc3c2)c(C(=O)O)c1. The van der Waals surface area contributed by atoms with E-state index in [2.05, 4.69) is 5.32 Å². The first-order chi connectivity index (χ1) is 16.4.